The number of nitrogens with zero attached hydrogens (tertiary/aromatic N) is 3. The van der Waals surface area contributed by atoms with Crippen molar-refractivity contribution in [2.75, 3.05) is 36.4 Å². The Kier molecular flexibility index (Phi) is 5.36. The van der Waals surface area contributed by atoms with Crippen molar-refractivity contribution in [1.29, 1.82) is 0 Å². The Morgan fingerprint density at radius 2 is 1.73 bits per heavy atom. The zero-order valence-corrected chi connectivity index (χ0v) is 18.4. The van der Waals surface area contributed by atoms with E-state index in [-0.39, 0.29) is 22.9 Å². The van der Waals surface area contributed by atoms with E-state index in [4.69, 9.17) is 0 Å². The molecule has 7 nitrogen and oxygen atoms in total. The van der Waals surface area contributed by atoms with Gasteiger partial charge in [0.05, 0.1) is 11.2 Å². The van der Waals surface area contributed by atoms with E-state index >= 15 is 4.39 Å². The lowest BCUT2D eigenvalue weighted by Gasteiger charge is -2.36. The fourth-order valence-corrected chi connectivity index (χ4v) is 4.40. The summed E-state index contributed by atoms with van der Waals surface area (Å²) in [5.41, 5.74) is 1.15. The van der Waals surface area contributed by atoms with Crippen molar-refractivity contribution in [3.05, 3.63) is 70.3 Å². The highest BCUT2D eigenvalue weighted by Crippen LogP contribution is 2.38. The molecular formula is C25H25FN4O3. The molecule has 0 radical (unpaired) electrons. The predicted octanol–water partition coefficient (Wildman–Crippen LogP) is 3.40. The highest BCUT2D eigenvalue weighted by molar-refractivity contribution is 6.06. The second-order valence-electron chi connectivity index (χ2n) is 8.64. The molecule has 0 bridgehead atoms. The maximum Gasteiger partial charge on any atom is 0.261 e. The first-order valence-electron chi connectivity index (χ1n) is 11.2. The van der Waals surface area contributed by atoms with Crippen molar-refractivity contribution in [1.82, 2.24) is 9.47 Å². The molecule has 2 aliphatic rings. The van der Waals surface area contributed by atoms with Crippen molar-refractivity contribution >= 4 is 34.1 Å². The molecule has 5 rings (SSSR count). The van der Waals surface area contributed by atoms with Crippen LogP contribution in [0, 0.1) is 5.82 Å². The summed E-state index contributed by atoms with van der Waals surface area (Å²) < 4.78 is 17.1. The van der Waals surface area contributed by atoms with Gasteiger partial charge >= 0.3 is 0 Å². The number of carbonyl (C=O) groups is 2. The lowest BCUT2D eigenvalue weighted by molar-refractivity contribution is -0.129. The topological polar surface area (TPSA) is 74.7 Å². The van der Waals surface area contributed by atoms with E-state index in [9.17, 15) is 14.4 Å². The minimum absolute atomic E-state index is 0.000440. The lowest BCUT2D eigenvalue weighted by Crippen LogP contribution is -2.48. The minimum atomic E-state index is -0.507. The van der Waals surface area contributed by atoms with Crippen LogP contribution in [0.3, 0.4) is 0 Å². The van der Waals surface area contributed by atoms with E-state index in [1.165, 1.54) is 13.0 Å². The fraction of sp³-hybridized carbons (Fsp3) is 0.320. The van der Waals surface area contributed by atoms with Gasteiger partial charge in [-0.3, -0.25) is 14.4 Å². The van der Waals surface area contributed by atoms with Crippen molar-refractivity contribution in [3.63, 3.8) is 0 Å². The fourth-order valence-electron chi connectivity index (χ4n) is 4.40. The molecule has 2 amide bonds. The first-order chi connectivity index (χ1) is 15.9. The molecule has 2 fully saturated rings. The van der Waals surface area contributed by atoms with Crippen LogP contribution in [0.2, 0.25) is 0 Å². The summed E-state index contributed by atoms with van der Waals surface area (Å²) >= 11 is 0. The molecule has 1 saturated carbocycles. The van der Waals surface area contributed by atoms with Gasteiger partial charge in [0.15, 0.2) is 0 Å². The molecule has 1 aliphatic heterocycles. The highest BCUT2D eigenvalue weighted by atomic mass is 19.1. The number of fused-ring (bicyclic) bond motifs is 1. The zero-order valence-electron chi connectivity index (χ0n) is 18.4. The number of pyridine rings is 1. The summed E-state index contributed by atoms with van der Waals surface area (Å²) in [5.74, 6) is -0.997. The molecule has 2 heterocycles. The molecule has 0 unspecified atom stereocenters. The molecule has 3 aromatic rings. The number of rotatable bonds is 4. The van der Waals surface area contributed by atoms with Crippen LogP contribution in [0.15, 0.2) is 53.5 Å². The number of hydrogen-bond donors (Lipinski definition) is 1. The number of hydrogen-bond acceptors (Lipinski definition) is 4. The third-order valence-corrected chi connectivity index (χ3v) is 6.38. The van der Waals surface area contributed by atoms with Gasteiger partial charge in [0.2, 0.25) is 11.3 Å². The van der Waals surface area contributed by atoms with Gasteiger partial charge in [-0.2, -0.15) is 0 Å². The normalized spacial score (nSPS) is 16.2. The van der Waals surface area contributed by atoms with Crippen molar-refractivity contribution < 1.29 is 14.0 Å². The maximum absolute atomic E-state index is 15.2. The van der Waals surface area contributed by atoms with Crippen LogP contribution in [0.5, 0.6) is 0 Å². The number of anilines is 2. The van der Waals surface area contributed by atoms with Crippen LogP contribution < -0.4 is 15.6 Å². The summed E-state index contributed by atoms with van der Waals surface area (Å²) in [4.78, 5) is 41.4. The summed E-state index contributed by atoms with van der Waals surface area (Å²) in [6, 6.07) is 12.1. The molecule has 0 atom stereocenters. The van der Waals surface area contributed by atoms with Crippen LogP contribution in [0.25, 0.3) is 10.9 Å². The summed E-state index contributed by atoms with van der Waals surface area (Å²) in [6.07, 6.45) is 3.50. The Morgan fingerprint density at radius 3 is 2.36 bits per heavy atom. The van der Waals surface area contributed by atoms with E-state index in [1.54, 1.807) is 41.4 Å². The zero-order chi connectivity index (χ0) is 23.1. The van der Waals surface area contributed by atoms with Gasteiger partial charge in [-0.05, 0) is 37.1 Å². The Balaban J connectivity index is 1.54. The lowest BCUT2D eigenvalue weighted by atomic mass is 10.1. The van der Waals surface area contributed by atoms with Crippen LogP contribution >= 0.6 is 0 Å². The largest absolute Gasteiger partial charge is 0.366 e. The number of benzene rings is 2. The van der Waals surface area contributed by atoms with E-state index in [1.807, 2.05) is 15.5 Å². The van der Waals surface area contributed by atoms with Crippen molar-refractivity contribution in [2.24, 2.45) is 0 Å². The Bertz CT molecular complexity index is 1290. The molecule has 1 aromatic heterocycles. The number of para-hydroxylation sites is 1. The summed E-state index contributed by atoms with van der Waals surface area (Å²) in [5, 5.41) is 2.96. The molecular weight excluding hydrogens is 423 g/mol. The van der Waals surface area contributed by atoms with Crippen molar-refractivity contribution in [2.45, 2.75) is 25.8 Å². The van der Waals surface area contributed by atoms with E-state index < -0.39 is 17.2 Å². The average Bonchev–Trinajstić information content (AvgIpc) is 3.65. The number of halogens is 1. The van der Waals surface area contributed by atoms with Gasteiger partial charge in [-0.15, -0.1) is 0 Å². The standard InChI is InChI=1S/C25H25FN4O3/c1-16(31)28-9-11-29(12-10-28)23-14-22-19(13-21(23)26)24(32)20(15-30(22)18-7-8-18)25(33)27-17-5-3-2-4-6-17/h2-6,13-15,18H,7-12H2,1H3,(H,27,33). The second-order valence-corrected chi connectivity index (χ2v) is 8.64. The van der Waals surface area contributed by atoms with Gasteiger partial charge < -0.3 is 19.7 Å². The molecule has 8 heteroatoms. The number of carbonyl (C=O) groups excluding carboxylic acids is 2. The number of piperazine rings is 1. The van der Waals surface area contributed by atoms with E-state index in [0.717, 1.165) is 12.8 Å². The van der Waals surface area contributed by atoms with Gasteiger partial charge in [-0.25, -0.2) is 4.39 Å². The molecule has 0 spiro atoms. The van der Waals surface area contributed by atoms with Crippen LogP contribution in [-0.4, -0.2) is 47.5 Å². The van der Waals surface area contributed by atoms with Crippen LogP contribution in [0.1, 0.15) is 36.2 Å². The van der Waals surface area contributed by atoms with Gasteiger partial charge in [0.1, 0.15) is 11.4 Å². The molecule has 1 saturated heterocycles. The Morgan fingerprint density at radius 1 is 1.03 bits per heavy atom. The number of nitrogens with one attached hydrogen (secondary N) is 1. The molecule has 170 valence electrons. The number of amides is 2. The smallest absolute Gasteiger partial charge is 0.261 e. The molecule has 2 aromatic carbocycles. The van der Waals surface area contributed by atoms with Gasteiger partial charge in [0, 0.05) is 56.4 Å². The number of aromatic nitrogens is 1. The SMILES string of the molecule is CC(=O)N1CCN(c2cc3c(cc2F)c(=O)c(C(=O)Nc2ccccc2)cn3C2CC2)CC1. The first kappa shape index (κ1) is 21.2. The third kappa shape index (κ3) is 4.08. The summed E-state index contributed by atoms with van der Waals surface area (Å²) in [7, 11) is 0. The second kappa shape index (κ2) is 8.35. The van der Waals surface area contributed by atoms with Gasteiger partial charge in [-0.1, -0.05) is 18.2 Å². The van der Waals surface area contributed by atoms with E-state index in [2.05, 4.69) is 5.32 Å². The highest BCUT2D eigenvalue weighted by Gasteiger charge is 2.29. The minimum Gasteiger partial charge on any atom is -0.366 e. The third-order valence-electron chi connectivity index (χ3n) is 6.38. The van der Waals surface area contributed by atoms with Crippen LogP contribution in [0.4, 0.5) is 15.8 Å². The molecule has 1 N–H and O–H groups in total. The predicted molar refractivity (Wildman–Crippen MR) is 125 cm³/mol. The maximum atomic E-state index is 15.2. The molecule has 1 aliphatic carbocycles. The first-order valence-corrected chi connectivity index (χ1v) is 11.2. The summed E-state index contributed by atoms with van der Waals surface area (Å²) in [6.45, 7) is 3.63. The Labute approximate surface area is 190 Å². The van der Waals surface area contributed by atoms with Crippen molar-refractivity contribution in [3.8, 4) is 0 Å². The van der Waals surface area contributed by atoms with E-state index in [0.29, 0.717) is 43.1 Å². The molecule has 33 heavy (non-hydrogen) atoms. The van der Waals surface area contributed by atoms with Gasteiger partial charge in [0.25, 0.3) is 5.91 Å². The quantitative estimate of drug-likeness (QED) is 0.664. The van der Waals surface area contributed by atoms with Crippen LogP contribution in [-0.2, 0) is 4.79 Å². The Hall–Kier alpha value is -3.68. The average molecular weight is 448 g/mol. The monoisotopic (exact) mass is 448 g/mol.